The molecule has 0 aliphatic carbocycles. The van der Waals surface area contributed by atoms with Crippen molar-refractivity contribution in [1.29, 1.82) is 0 Å². The van der Waals surface area contributed by atoms with Gasteiger partial charge in [0.05, 0.1) is 16.9 Å². The maximum Gasteiger partial charge on any atom is 0.243 e. The van der Waals surface area contributed by atoms with Crippen LogP contribution in [0.15, 0.2) is 53.4 Å². The third kappa shape index (κ3) is 5.18. The molecule has 1 fully saturated rings. The second kappa shape index (κ2) is 9.28. The number of rotatable bonds is 6. The van der Waals surface area contributed by atoms with Crippen LogP contribution in [-0.4, -0.2) is 31.7 Å². The Kier molecular flexibility index (Phi) is 6.98. The summed E-state index contributed by atoms with van der Waals surface area (Å²) >= 11 is 5.87. The van der Waals surface area contributed by atoms with Gasteiger partial charge in [-0.15, -0.1) is 0 Å². The highest BCUT2D eigenvalue weighted by atomic mass is 35.5. The van der Waals surface area contributed by atoms with Gasteiger partial charge in [0.2, 0.25) is 15.9 Å². The van der Waals surface area contributed by atoms with Gasteiger partial charge in [-0.05, 0) is 61.6 Å². The fourth-order valence-corrected chi connectivity index (χ4v) is 5.24. The summed E-state index contributed by atoms with van der Waals surface area (Å²) in [5, 5.41) is 3.53. The van der Waals surface area contributed by atoms with Crippen LogP contribution in [-0.2, 0) is 21.2 Å². The number of piperidine rings is 1. The average Bonchev–Trinajstić information content (AvgIpc) is 2.74. The molecule has 7 heteroatoms. The molecule has 1 aliphatic heterocycles. The predicted molar refractivity (Wildman–Crippen MR) is 115 cm³/mol. The van der Waals surface area contributed by atoms with E-state index < -0.39 is 10.0 Å². The Morgan fingerprint density at radius 3 is 2.45 bits per heavy atom. The smallest absolute Gasteiger partial charge is 0.243 e. The topological polar surface area (TPSA) is 66.5 Å². The minimum absolute atomic E-state index is 0.104. The van der Waals surface area contributed by atoms with E-state index >= 15 is 0 Å². The van der Waals surface area contributed by atoms with E-state index in [1.54, 1.807) is 12.1 Å². The molecule has 29 heavy (non-hydrogen) atoms. The molecule has 0 aromatic heterocycles. The first-order chi connectivity index (χ1) is 13.8. The highest BCUT2D eigenvalue weighted by molar-refractivity contribution is 7.89. The van der Waals surface area contributed by atoms with E-state index in [9.17, 15) is 13.2 Å². The van der Waals surface area contributed by atoms with Gasteiger partial charge in [-0.1, -0.05) is 42.8 Å². The van der Waals surface area contributed by atoms with Crippen molar-refractivity contribution in [3.05, 3.63) is 64.7 Å². The van der Waals surface area contributed by atoms with E-state index in [2.05, 4.69) is 24.4 Å². The standard InChI is InChI=1S/C22H27ClN2O3S/c1-3-17-6-8-18(9-7-17)16(2)24-22(26)19-5-4-14-25(15-19)29(27,28)21-12-10-20(23)11-13-21/h6-13,16,19H,3-5,14-15H2,1-2H3,(H,24,26)/t16-,19-/m0/s1. The van der Waals surface area contributed by atoms with Crippen LogP contribution in [0.2, 0.25) is 5.02 Å². The molecular formula is C22H27ClN2O3S. The second-order valence-electron chi connectivity index (χ2n) is 7.48. The highest BCUT2D eigenvalue weighted by Gasteiger charge is 2.33. The number of hydrogen-bond donors (Lipinski definition) is 1. The van der Waals surface area contributed by atoms with Crippen LogP contribution >= 0.6 is 11.6 Å². The van der Waals surface area contributed by atoms with Crippen LogP contribution in [0.4, 0.5) is 0 Å². The van der Waals surface area contributed by atoms with Crippen molar-refractivity contribution < 1.29 is 13.2 Å². The van der Waals surface area contributed by atoms with E-state index in [-0.39, 0.29) is 29.3 Å². The van der Waals surface area contributed by atoms with Crippen molar-refractivity contribution in [3.63, 3.8) is 0 Å². The molecule has 3 rings (SSSR count). The zero-order chi connectivity index (χ0) is 21.0. The largest absolute Gasteiger partial charge is 0.349 e. The Morgan fingerprint density at radius 1 is 1.17 bits per heavy atom. The summed E-state index contributed by atoms with van der Waals surface area (Å²) in [6.07, 6.45) is 2.31. The van der Waals surface area contributed by atoms with Gasteiger partial charge in [0.15, 0.2) is 0 Å². The molecule has 1 saturated heterocycles. The Hall–Kier alpha value is -1.89. The van der Waals surface area contributed by atoms with Crippen molar-refractivity contribution in [1.82, 2.24) is 9.62 Å². The third-order valence-electron chi connectivity index (χ3n) is 5.45. The molecular weight excluding hydrogens is 408 g/mol. The number of hydrogen-bond acceptors (Lipinski definition) is 3. The van der Waals surface area contributed by atoms with Gasteiger partial charge in [-0.25, -0.2) is 8.42 Å². The van der Waals surface area contributed by atoms with Gasteiger partial charge in [-0.2, -0.15) is 4.31 Å². The zero-order valence-electron chi connectivity index (χ0n) is 16.8. The molecule has 5 nitrogen and oxygen atoms in total. The quantitative estimate of drug-likeness (QED) is 0.741. The maximum absolute atomic E-state index is 12.9. The van der Waals surface area contributed by atoms with Gasteiger partial charge in [0.1, 0.15) is 0 Å². The Morgan fingerprint density at radius 2 is 1.83 bits per heavy atom. The van der Waals surface area contributed by atoms with Gasteiger partial charge in [0, 0.05) is 18.1 Å². The lowest BCUT2D eigenvalue weighted by atomic mass is 9.97. The van der Waals surface area contributed by atoms with Crippen LogP contribution in [0.1, 0.15) is 43.9 Å². The second-order valence-corrected chi connectivity index (χ2v) is 9.86. The molecule has 0 saturated carbocycles. The lowest BCUT2D eigenvalue weighted by Crippen LogP contribution is -2.45. The van der Waals surface area contributed by atoms with Crippen molar-refractivity contribution >= 4 is 27.5 Å². The Bertz CT molecular complexity index is 943. The van der Waals surface area contributed by atoms with Gasteiger partial charge < -0.3 is 5.32 Å². The number of aryl methyl sites for hydroxylation is 1. The van der Waals surface area contributed by atoms with Crippen molar-refractivity contribution in [2.24, 2.45) is 5.92 Å². The normalized spacial score (nSPS) is 18.9. The molecule has 2 aromatic rings. The van der Waals surface area contributed by atoms with E-state index in [1.807, 2.05) is 19.1 Å². The van der Waals surface area contributed by atoms with Crippen LogP contribution in [0.5, 0.6) is 0 Å². The van der Waals surface area contributed by atoms with Crippen molar-refractivity contribution in [2.45, 2.75) is 44.0 Å². The minimum Gasteiger partial charge on any atom is -0.349 e. The summed E-state index contributed by atoms with van der Waals surface area (Å²) in [4.78, 5) is 13.0. The number of nitrogens with zero attached hydrogens (tertiary/aromatic N) is 1. The first-order valence-corrected chi connectivity index (χ1v) is 11.8. The monoisotopic (exact) mass is 434 g/mol. The Labute approximate surface area is 178 Å². The van der Waals surface area contributed by atoms with Crippen molar-refractivity contribution in [2.75, 3.05) is 13.1 Å². The van der Waals surface area contributed by atoms with Crippen molar-refractivity contribution in [3.8, 4) is 0 Å². The zero-order valence-corrected chi connectivity index (χ0v) is 18.3. The molecule has 0 bridgehead atoms. The molecule has 156 valence electrons. The maximum atomic E-state index is 12.9. The molecule has 0 unspecified atom stereocenters. The Balaban J connectivity index is 1.66. The summed E-state index contributed by atoms with van der Waals surface area (Å²) in [5.41, 5.74) is 2.29. The van der Waals surface area contributed by atoms with Crippen LogP contribution in [0.25, 0.3) is 0 Å². The van der Waals surface area contributed by atoms with E-state index in [0.29, 0.717) is 24.4 Å². The average molecular weight is 435 g/mol. The molecule has 1 heterocycles. The van der Waals surface area contributed by atoms with E-state index in [1.165, 1.54) is 22.0 Å². The SMILES string of the molecule is CCc1ccc([C@H](C)NC(=O)[C@H]2CCCN(S(=O)(=O)c3ccc(Cl)cc3)C2)cc1. The molecule has 2 aromatic carbocycles. The van der Waals surface area contributed by atoms with Gasteiger partial charge in [-0.3, -0.25) is 4.79 Å². The molecule has 1 aliphatic rings. The van der Waals surface area contributed by atoms with Crippen LogP contribution in [0, 0.1) is 5.92 Å². The van der Waals surface area contributed by atoms with Crippen LogP contribution in [0.3, 0.4) is 0 Å². The predicted octanol–water partition coefficient (Wildman–Crippen LogP) is 4.18. The summed E-state index contributed by atoms with van der Waals surface area (Å²) in [6.45, 7) is 4.66. The van der Waals surface area contributed by atoms with Crippen LogP contribution < -0.4 is 5.32 Å². The van der Waals surface area contributed by atoms with Gasteiger partial charge in [0.25, 0.3) is 0 Å². The number of carbonyl (C=O) groups is 1. The molecule has 2 atom stereocenters. The summed E-state index contributed by atoms with van der Waals surface area (Å²) in [6, 6.07) is 14.2. The lowest BCUT2D eigenvalue weighted by molar-refractivity contribution is -0.126. The van der Waals surface area contributed by atoms with E-state index in [4.69, 9.17) is 11.6 Å². The van der Waals surface area contributed by atoms with E-state index in [0.717, 1.165) is 12.0 Å². The first kappa shape index (κ1) is 21.8. The number of amides is 1. The molecule has 1 N–H and O–H groups in total. The number of benzene rings is 2. The van der Waals surface area contributed by atoms with Gasteiger partial charge >= 0.3 is 0 Å². The first-order valence-electron chi connectivity index (χ1n) is 9.96. The fraction of sp³-hybridized carbons (Fsp3) is 0.409. The molecule has 0 spiro atoms. The minimum atomic E-state index is -3.64. The number of sulfonamides is 1. The third-order valence-corrected chi connectivity index (χ3v) is 7.58. The number of halogens is 1. The fourth-order valence-electron chi connectivity index (χ4n) is 3.59. The molecule has 0 radical (unpaired) electrons. The number of carbonyl (C=O) groups excluding carboxylic acids is 1. The summed E-state index contributed by atoms with van der Waals surface area (Å²) in [7, 11) is -3.64. The lowest BCUT2D eigenvalue weighted by Gasteiger charge is -2.32. The number of nitrogens with one attached hydrogen (secondary N) is 1. The summed E-state index contributed by atoms with van der Waals surface area (Å²) < 4.78 is 27.3. The highest BCUT2D eigenvalue weighted by Crippen LogP contribution is 2.25. The summed E-state index contributed by atoms with van der Waals surface area (Å²) in [5.74, 6) is -0.462. The molecule has 1 amide bonds.